The van der Waals surface area contributed by atoms with Crippen molar-refractivity contribution in [1.82, 2.24) is 0 Å². The summed E-state index contributed by atoms with van der Waals surface area (Å²) in [4.78, 5) is 11.1. The zero-order valence-corrected chi connectivity index (χ0v) is 7.04. The van der Waals surface area contributed by atoms with Crippen molar-refractivity contribution in [2.45, 2.75) is 25.9 Å². The number of cyclic esters (lactones) is 1. The van der Waals surface area contributed by atoms with Crippen LogP contribution in [0.3, 0.4) is 0 Å². The molecule has 12 heavy (non-hydrogen) atoms. The molecule has 1 aliphatic heterocycles. The van der Waals surface area contributed by atoms with Crippen molar-refractivity contribution in [2.24, 2.45) is 0 Å². The Labute approximate surface area is 71.3 Å². The minimum absolute atomic E-state index is 0.0717. The molecule has 0 saturated heterocycles. The molecule has 0 bridgehead atoms. The van der Waals surface area contributed by atoms with Gasteiger partial charge in [-0.05, 0) is 6.42 Å². The van der Waals surface area contributed by atoms with Gasteiger partial charge in [-0.25, -0.2) is 4.79 Å². The summed E-state index contributed by atoms with van der Waals surface area (Å²) in [6, 6.07) is 0. The van der Waals surface area contributed by atoms with Crippen LogP contribution in [0.15, 0.2) is 24.0 Å². The normalized spacial score (nSPS) is 22.8. The second kappa shape index (κ2) is 3.43. The van der Waals surface area contributed by atoms with E-state index in [-0.39, 0.29) is 5.76 Å². The van der Waals surface area contributed by atoms with Crippen molar-refractivity contribution in [2.75, 3.05) is 0 Å². The first kappa shape index (κ1) is 8.84. The molecular formula is C9H12O3. The van der Waals surface area contributed by atoms with Gasteiger partial charge in [0.2, 0.25) is 0 Å². The van der Waals surface area contributed by atoms with Crippen molar-refractivity contribution < 1.29 is 14.6 Å². The Morgan fingerprint density at radius 3 is 2.83 bits per heavy atom. The number of hydrogen-bond acceptors (Lipinski definition) is 3. The average molecular weight is 168 g/mol. The summed E-state index contributed by atoms with van der Waals surface area (Å²) in [6.07, 6.45) is 2.12. The molecule has 66 valence electrons. The zero-order chi connectivity index (χ0) is 9.14. The molecule has 0 saturated carbocycles. The summed E-state index contributed by atoms with van der Waals surface area (Å²) >= 11 is 0. The molecule has 0 aliphatic carbocycles. The lowest BCUT2D eigenvalue weighted by Gasteiger charge is -2.04. The lowest BCUT2D eigenvalue weighted by molar-refractivity contribution is -0.140. The average Bonchev–Trinajstić information content (AvgIpc) is 2.32. The molecular weight excluding hydrogens is 156 g/mol. The van der Waals surface area contributed by atoms with Crippen LogP contribution in [0.5, 0.6) is 0 Å². The van der Waals surface area contributed by atoms with Crippen LogP contribution in [-0.2, 0) is 9.53 Å². The third-order valence-electron chi connectivity index (χ3n) is 1.83. The molecule has 3 heteroatoms. The standard InChI is InChI=1S/C9H12O3/c1-3-5-6-8(10)7(4-2)12-9(6)11/h3,7,10H,1,4-5H2,2H3/t7-/m1/s1. The molecule has 0 fully saturated rings. The summed E-state index contributed by atoms with van der Waals surface area (Å²) in [7, 11) is 0. The van der Waals surface area contributed by atoms with E-state index in [0.29, 0.717) is 18.4 Å². The van der Waals surface area contributed by atoms with Crippen molar-refractivity contribution >= 4 is 5.97 Å². The van der Waals surface area contributed by atoms with E-state index in [1.165, 1.54) is 0 Å². The molecule has 0 radical (unpaired) electrons. The van der Waals surface area contributed by atoms with Crippen LogP contribution >= 0.6 is 0 Å². The van der Waals surface area contributed by atoms with Crippen molar-refractivity contribution in [3.63, 3.8) is 0 Å². The topological polar surface area (TPSA) is 46.5 Å². The zero-order valence-electron chi connectivity index (χ0n) is 7.04. The first-order valence-electron chi connectivity index (χ1n) is 3.94. The van der Waals surface area contributed by atoms with Crippen molar-refractivity contribution in [1.29, 1.82) is 0 Å². The number of carbonyl (C=O) groups excluding carboxylic acids is 1. The first-order valence-corrected chi connectivity index (χ1v) is 3.94. The van der Waals surface area contributed by atoms with Crippen LogP contribution < -0.4 is 0 Å². The summed E-state index contributed by atoms with van der Waals surface area (Å²) in [6.45, 7) is 5.34. The summed E-state index contributed by atoms with van der Waals surface area (Å²) in [5.74, 6) is -0.346. The Morgan fingerprint density at radius 2 is 2.42 bits per heavy atom. The molecule has 0 unspecified atom stereocenters. The highest BCUT2D eigenvalue weighted by Crippen LogP contribution is 2.24. The van der Waals surface area contributed by atoms with Gasteiger partial charge >= 0.3 is 5.97 Å². The number of carbonyl (C=O) groups is 1. The minimum atomic E-state index is -0.438. The summed E-state index contributed by atoms with van der Waals surface area (Å²) in [5.41, 5.74) is 0.344. The molecule has 1 heterocycles. The van der Waals surface area contributed by atoms with Gasteiger partial charge in [0.25, 0.3) is 0 Å². The number of esters is 1. The largest absolute Gasteiger partial charge is 0.508 e. The molecule has 0 aromatic rings. The molecule has 1 aliphatic rings. The van der Waals surface area contributed by atoms with Crippen LogP contribution in [-0.4, -0.2) is 17.2 Å². The van der Waals surface area contributed by atoms with Crippen LogP contribution in [0.2, 0.25) is 0 Å². The molecule has 1 atom stereocenters. The minimum Gasteiger partial charge on any atom is -0.508 e. The van der Waals surface area contributed by atoms with Crippen molar-refractivity contribution in [3.05, 3.63) is 24.0 Å². The van der Waals surface area contributed by atoms with E-state index in [1.54, 1.807) is 6.08 Å². The van der Waals surface area contributed by atoms with Gasteiger partial charge in [-0.3, -0.25) is 0 Å². The van der Waals surface area contributed by atoms with Gasteiger partial charge in [-0.15, -0.1) is 6.58 Å². The molecule has 0 aromatic carbocycles. The lowest BCUT2D eigenvalue weighted by atomic mass is 10.1. The van der Waals surface area contributed by atoms with Gasteiger partial charge < -0.3 is 9.84 Å². The Hall–Kier alpha value is -1.25. The number of aliphatic hydroxyl groups is 1. The molecule has 1 rings (SSSR count). The molecule has 0 aromatic heterocycles. The number of ether oxygens (including phenoxy) is 1. The van der Waals surface area contributed by atoms with Gasteiger partial charge in [0.05, 0.1) is 5.57 Å². The fourth-order valence-electron chi connectivity index (χ4n) is 1.16. The fourth-order valence-corrected chi connectivity index (χ4v) is 1.16. The molecule has 1 N–H and O–H groups in total. The van der Waals surface area contributed by atoms with E-state index in [2.05, 4.69) is 6.58 Å². The van der Waals surface area contributed by atoms with Gasteiger partial charge in [0, 0.05) is 6.42 Å². The highest BCUT2D eigenvalue weighted by atomic mass is 16.6. The van der Waals surface area contributed by atoms with Gasteiger partial charge in [-0.2, -0.15) is 0 Å². The number of allylic oxidation sites excluding steroid dienone is 1. The second-order valence-electron chi connectivity index (χ2n) is 2.66. The predicted molar refractivity (Wildman–Crippen MR) is 44.6 cm³/mol. The molecule has 3 nitrogen and oxygen atoms in total. The Kier molecular flexibility index (Phi) is 2.53. The Morgan fingerprint density at radius 1 is 1.75 bits per heavy atom. The molecule has 0 spiro atoms. The van der Waals surface area contributed by atoms with Crippen LogP contribution in [0, 0.1) is 0 Å². The monoisotopic (exact) mass is 168 g/mol. The number of aliphatic hydroxyl groups excluding tert-OH is 1. The van der Waals surface area contributed by atoms with Crippen LogP contribution in [0.4, 0.5) is 0 Å². The Balaban J connectivity index is 2.84. The van der Waals surface area contributed by atoms with Gasteiger partial charge in [0.15, 0.2) is 6.10 Å². The van der Waals surface area contributed by atoms with Gasteiger partial charge in [-0.1, -0.05) is 13.0 Å². The maximum absolute atomic E-state index is 11.1. The molecule has 0 amide bonds. The van der Waals surface area contributed by atoms with Crippen LogP contribution in [0.1, 0.15) is 19.8 Å². The smallest absolute Gasteiger partial charge is 0.338 e. The highest BCUT2D eigenvalue weighted by molar-refractivity contribution is 5.91. The summed E-state index contributed by atoms with van der Waals surface area (Å²) < 4.78 is 4.88. The van der Waals surface area contributed by atoms with Crippen LogP contribution in [0.25, 0.3) is 0 Å². The summed E-state index contributed by atoms with van der Waals surface area (Å²) in [5, 5.41) is 9.44. The number of rotatable bonds is 3. The fraction of sp³-hybridized carbons (Fsp3) is 0.444. The van der Waals surface area contributed by atoms with E-state index in [4.69, 9.17) is 4.74 Å². The highest BCUT2D eigenvalue weighted by Gasteiger charge is 2.31. The number of hydrogen-bond donors (Lipinski definition) is 1. The maximum Gasteiger partial charge on any atom is 0.338 e. The third kappa shape index (κ3) is 1.35. The van der Waals surface area contributed by atoms with E-state index < -0.39 is 12.1 Å². The lowest BCUT2D eigenvalue weighted by Crippen LogP contribution is -2.09. The van der Waals surface area contributed by atoms with E-state index >= 15 is 0 Å². The van der Waals surface area contributed by atoms with E-state index in [1.807, 2.05) is 6.92 Å². The SMILES string of the molecule is C=CCC1=C(O)[C@@H](CC)OC1=O. The third-order valence-corrected chi connectivity index (χ3v) is 1.83. The van der Waals surface area contributed by atoms with Crippen molar-refractivity contribution in [3.8, 4) is 0 Å². The Bertz CT molecular complexity index is 240. The second-order valence-corrected chi connectivity index (χ2v) is 2.66. The predicted octanol–water partition coefficient (Wildman–Crippen LogP) is 1.71. The first-order chi connectivity index (χ1) is 5.70. The van der Waals surface area contributed by atoms with E-state index in [0.717, 1.165) is 0 Å². The van der Waals surface area contributed by atoms with E-state index in [9.17, 15) is 9.90 Å². The quantitative estimate of drug-likeness (QED) is 0.515. The maximum atomic E-state index is 11.1. The van der Waals surface area contributed by atoms with Gasteiger partial charge in [0.1, 0.15) is 5.76 Å².